The van der Waals surface area contributed by atoms with Gasteiger partial charge in [-0.05, 0) is 43.2 Å². The molecule has 18 heavy (non-hydrogen) atoms. The minimum atomic E-state index is -0.396. The van der Waals surface area contributed by atoms with E-state index in [1.165, 1.54) is 16.9 Å². The van der Waals surface area contributed by atoms with Crippen LogP contribution in [0.4, 0.5) is 0 Å². The molecule has 96 valence electrons. The molecule has 0 bridgehead atoms. The Morgan fingerprint density at radius 2 is 1.89 bits per heavy atom. The summed E-state index contributed by atoms with van der Waals surface area (Å²) in [5, 5.41) is 0. The van der Waals surface area contributed by atoms with Crippen LogP contribution in [0.25, 0.3) is 0 Å². The molecule has 1 aromatic heterocycles. The number of rotatable bonds is 4. The molecule has 0 aliphatic heterocycles. The Hall–Kier alpha value is -1.03. The molecule has 1 atom stereocenters. The number of halogens is 1. The summed E-state index contributed by atoms with van der Waals surface area (Å²) in [5.74, 6) is 0.858. The average molecular weight is 282 g/mol. The van der Waals surface area contributed by atoms with E-state index in [2.05, 4.69) is 0 Å². The highest BCUT2D eigenvalue weighted by Crippen LogP contribution is 2.31. The maximum absolute atomic E-state index is 6.37. The number of methoxy groups -OCH3 is 1. The third-order valence-corrected chi connectivity index (χ3v) is 4.38. The van der Waals surface area contributed by atoms with Crippen LogP contribution >= 0.6 is 22.9 Å². The first-order valence-electron chi connectivity index (χ1n) is 5.69. The molecular weight excluding hydrogens is 266 g/mol. The summed E-state index contributed by atoms with van der Waals surface area (Å²) in [7, 11) is 1.66. The lowest BCUT2D eigenvalue weighted by atomic mass is 9.92. The van der Waals surface area contributed by atoms with Gasteiger partial charge in [0.2, 0.25) is 0 Å². The van der Waals surface area contributed by atoms with E-state index in [0.29, 0.717) is 0 Å². The molecule has 0 aliphatic rings. The highest BCUT2D eigenvalue weighted by molar-refractivity contribution is 7.16. The van der Waals surface area contributed by atoms with Gasteiger partial charge in [0.1, 0.15) is 5.75 Å². The van der Waals surface area contributed by atoms with Gasteiger partial charge in [0.15, 0.2) is 0 Å². The second-order valence-electron chi connectivity index (χ2n) is 4.55. The van der Waals surface area contributed by atoms with Crippen molar-refractivity contribution in [3.05, 3.63) is 51.2 Å². The summed E-state index contributed by atoms with van der Waals surface area (Å²) >= 11 is 7.49. The van der Waals surface area contributed by atoms with Crippen LogP contribution in [0, 0.1) is 0 Å². The molecule has 1 unspecified atom stereocenters. The average Bonchev–Trinajstić information content (AvgIpc) is 2.77. The number of benzene rings is 1. The van der Waals surface area contributed by atoms with Crippen LogP contribution in [0.2, 0.25) is 4.34 Å². The summed E-state index contributed by atoms with van der Waals surface area (Å²) in [6.45, 7) is 2.03. The van der Waals surface area contributed by atoms with Gasteiger partial charge in [0.05, 0.1) is 17.0 Å². The number of hydrogen-bond acceptors (Lipinski definition) is 3. The highest BCUT2D eigenvalue weighted by atomic mass is 35.5. The second kappa shape index (κ2) is 5.31. The Kier molecular flexibility index (Phi) is 3.95. The second-order valence-corrected chi connectivity index (χ2v) is 6.26. The van der Waals surface area contributed by atoms with Crippen LogP contribution in [0.5, 0.6) is 5.75 Å². The Morgan fingerprint density at radius 3 is 2.39 bits per heavy atom. The summed E-state index contributed by atoms with van der Waals surface area (Å²) in [5.41, 5.74) is 7.16. The first-order valence-corrected chi connectivity index (χ1v) is 6.88. The van der Waals surface area contributed by atoms with Gasteiger partial charge in [-0.3, -0.25) is 0 Å². The molecule has 0 saturated carbocycles. The van der Waals surface area contributed by atoms with Gasteiger partial charge in [-0.25, -0.2) is 0 Å². The molecule has 0 amide bonds. The quantitative estimate of drug-likeness (QED) is 0.924. The monoisotopic (exact) mass is 281 g/mol. The van der Waals surface area contributed by atoms with E-state index < -0.39 is 5.54 Å². The molecule has 0 aliphatic carbocycles. The van der Waals surface area contributed by atoms with Crippen molar-refractivity contribution in [1.29, 1.82) is 0 Å². The van der Waals surface area contributed by atoms with Crippen molar-refractivity contribution in [2.75, 3.05) is 7.11 Å². The van der Waals surface area contributed by atoms with Crippen molar-refractivity contribution in [3.63, 3.8) is 0 Å². The lowest BCUT2D eigenvalue weighted by Gasteiger charge is -2.23. The standard InChI is InChI=1S/C14H16ClNOS/c1-14(16,12-7-8-13(15)18-12)9-10-3-5-11(17-2)6-4-10/h3-8H,9,16H2,1-2H3. The predicted molar refractivity (Wildman–Crippen MR) is 77.6 cm³/mol. The van der Waals surface area contributed by atoms with E-state index in [0.717, 1.165) is 21.4 Å². The molecule has 0 spiro atoms. The number of ether oxygens (including phenoxy) is 1. The van der Waals surface area contributed by atoms with Crippen molar-refractivity contribution in [2.45, 2.75) is 18.9 Å². The van der Waals surface area contributed by atoms with E-state index in [1.54, 1.807) is 7.11 Å². The van der Waals surface area contributed by atoms with E-state index in [-0.39, 0.29) is 0 Å². The zero-order valence-corrected chi connectivity index (χ0v) is 12.0. The molecule has 2 nitrogen and oxygen atoms in total. The van der Waals surface area contributed by atoms with Gasteiger partial charge in [-0.2, -0.15) is 0 Å². The van der Waals surface area contributed by atoms with Crippen LogP contribution in [0.15, 0.2) is 36.4 Å². The Morgan fingerprint density at radius 1 is 1.22 bits per heavy atom. The summed E-state index contributed by atoms with van der Waals surface area (Å²) in [6, 6.07) is 11.9. The van der Waals surface area contributed by atoms with E-state index in [4.69, 9.17) is 22.1 Å². The molecule has 1 aromatic carbocycles. The number of thiophene rings is 1. The van der Waals surface area contributed by atoms with Crippen LogP contribution in [0.1, 0.15) is 17.4 Å². The Balaban J connectivity index is 2.16. The summed E-state index contributed by atoms with van der Waals surface area (Å²) < 4.78 is 5.92. The minimum Gasteiger partial charge on any atom is -0.497 e. The van der Waals surface area contributed by atoms with Gasteiger partial charge in [-0.15, -0.1) is 11.3 Å². The maximum Gasteiger partial charge on any atom is 0.118 e. The maximum atomic E-state index is 6.37. The van der Waals surface area contributed by atoms with Gasteiger partial charge < -0.3 is 10.5 Å². The van der Waals surface area contributed by atoms with Crippen LogP contribution in [-0.2, 0) is 12.0 Å². The van der Waals surface area contributed by atoms with Crippen LogP contribution < -0.4 is 10.5 Å². The molecule has 0 radical (unpaired) electrons. The minimum absolute atomic E-state index is 0.396. The van der Waals surface area contributed by atoms with E-state index in [9.17, 15) is 0 Å². The molecule has 2 rings (SSSR count). The van der Waals surface area contributed by atoms with Gasteiger partial charge in [0, 0.05) is 4.88 Å². The smallest absolute Gasteiger partial charge is 0.118 e. The Labute approximate surface area is 116 Å². The topological polar surface area (TPSA) is 35.2 Å². The molecule has 4 heteroatoms. The normalized spacial score (nSPS) is 14.2. The Bertz CT molecular complexity index is 519. The lowest BCUT2D eigenvalue weighted by molar-refractivity contribution is 0.414. The van der Waals surface area contributed by atoms with E-state index >= 15 is 0 Å². The third kappa shape index (κ3) is 3.05. The largest absolute Gasteiger partial charge is 0.497 e. The van der Waals surface area contributed by atoms with Crippen molar-refractivity contribution >= 4 is 22.9 Å². The number of nitrogens with two attached hydrogens (primary N) is 1. The summed E-state index contributed by atoms with van der Waals surface area (Å²) in [6.07, 6.45) is 0.772. The van der Waals surface area contributed by atoms with Crippen molar-refractivity contribution in [1.82, 2.24) is 0 Å². The van der Waals surface area contributed by atoms with Crippen LogP contribution in [0.3, 0.4) is 0 Å². The zero-order valence-electron chi connectivity index (χ0n) is 10.4. The van der Waals surface area contributed by atoms with Crippen molar-refractivity contribution in [2.24, 2.45) is 5.73 Å². The molecule has 2 aromatic rings. The number of hydrogen-bond donors (Lipinski definition) is 1. The van der Waals surface area contributed by atoms with Crippen molar-refractivity contribution in [3.8, 4) is 5.75 Å². The highest BCUT2D eigenvalue weighted by Gasteiger charge is 2.23. The fourth-order valence-electron chi connectivity index (χ4n) is 1.88. The first kappa shape index (κ1) is 13.4. The SMILES string of the molecule is COc1ccc(CC(C)(N)c2ccc(Cl)s2)cc1. The molecule has 0 saturated heterocycles. The zero-order chi connectivity index (χ0) is 13.2. The summed E-state index contributed by atoms with van der Waals surface area (Å²) in [4.78, 5) is 1.10. The predicted octanol–water partition coefficient (Wildman–Crippen LogP) is 3.83. The fourth-order valence-corrected chi connectivity index (χ4v) is 2.98. The third-order valence-electron chi connectivity index (χ3n) is 2.87. The molecule has 2 N–H and O–H groups in total. The molecular formula is C14H16ClNOS. The van der Waals surface area contributed by atoms with Gasteiger partial charge >= 0.3 is 0 Å². The van der Waals surface area contributed by atoms with Gasteiger partial charge in [-0.1, -0.05) is 23.7 Å². The van der Waals surface area contributed by atoms with Crippen molar-refractivity contribution < 1.29 is 4.74 Å². The fraction of sp³-hybridized carbons (Fsp3) is 0.286. The molecule has 0 fully saturated rings. The van der Waals surface area contributed by atoms with Crippen LogP contribution in [-0.4, -0.2) is 7.11 Å². The van der Waals surface area contributed by atoms with E-state index in [1.807, 2.05) is 43.3 Å². The molecule has 1 heterocycles. The first-order chi connectivity index (χ1) is 8.51. The van der Waals surface area contributed by atoms with Gasteiger partial charge in [0.25, 0.3) is 0 Å². The lowest BCUT2D eigenvalue weighted by Crippen LogP contribution is -2.34.